The molecule has 0 bridgehead atoms. The molecule has 2 heterocycles. The van der Waals surface area contributed by atoms with Gasteiger partial charge in [0.2, 0.25) is 5.91 Å². The molecule has 2 fully saturated rings. The second-order valence-electron chi connectivity index (χ2n) is 11.5. The molecule has 282 valence electrons. The zero-order valence-electron chi connectivity index (χ0n) is 28.0. The Bertz CT molecular complexity index is 1050. The van der Waals surface area contributed by atoms with Crippen LogP contribution in [-0.4, -0.2) is 158 Å². The minimum atomic E-state index is -1.70. The molecule has 11 atom stereocenters. The summed E-state index contributed by atoms with van der Waals surface area (Å²) in [6, 6.07) is -1.14. The largest absolute Gasteiger partial charge is 0.464 e. The monoisotopic (exact) mass is 709 g/mol. The fourth-order valence-electron chi connectivity index (χ4n) is 5.19. The van der Waals surface area contributed by atoms with Crippen LogP contribution in [0.1, 0.15) is 51.9 Å². The molecule has 20 heteroatoms. The smallest absolute Gasteiger partial charge is 0.408 e. The van der Waals surface area contributed by atoms with Gasteiger partial charge in [-0.15, -0.1) is 0 Å². The van der Waals surface area contributed by atoms with Crippen LogP contribution < -0.4 is 10.6 Å². The third-order valence-corrected chi connectivity index (χ3v) is 7.87. The molecule has 2 saturated heterocycles. The van der Waals surface area contributed by atoms with Crippen LogP contribution in [0.5, 0.6) is 0 Å². The maximum Gasteiger partial charge on any atom is 0.408 e. The van der Waals surface area contributed by atoms with Gasteiger partial charge in [-0.25, -0.2) is 9.59 Å². The maximum absolute atomic E-state index is 12.9. The predicted molar refractivity (Wildman–Crippen MR) is 165 cm³/mol. The number of esters is 1. The van der Waals surface area contributed by atoms with Crippen molar-refractivity contribution in [1.29, 1.82) is 0 Å². The van der Waals surface area contributed by atoms with Gasteiger partial charge in [0.05, 0.1) is 19.8 Å². The molecule has 7 N–H and O–H groups in total. The number of aliphatic hydroxyl groups is 5. The van der Waals surface area contributed by atoms with Crippen molar-refractivity contribution in [3.8, 4) is 0 Å². The molecule has 49 heavy (non-hydrogen) atoms. The van der Waals surface area contributed by atoms with E-state index in [1.807, 2.05) is 0 Å². The van der Waals surface area contributed by atoms with Crippen LogP contribution >= 0.6 is 0 Å². The van der Waals surface area contributed by atoms with Gasteiger partial charge >= 0.3 is 12.1 Å². The minimum absolute atomic E-state index is 0.0428. The second-order valence-corrected chi connectivity index (χ2v) is 11.5. The lowest BCUT2D eigenvalue weighted by Gasteiger charge is -2.43. The summed E-state index contributed by atoms with van der Waals surface area (Å²) < 4.78 is 37.1. The molecule has 0 saturated carbocycles. The van der Waals surface area contributed by atoms with E-state index in [-0.39, 0.29) is 25.5 Å². The number of amides is 2. The number of unbranched alkanes of at least 4 members (excludes halogenated alkanes) is 3. The molecule has 2 aliphatic heterocycles. The number of carbonyl (C=O) groups is 3. The Balaban J connectivity index is 1.92. The topological polar surface area (TPSA) is 290 Å². The third kappa shape index (κ3) is 13.7. The summed E-state index contributed by atoms with van der Waals surface area (Å²) in [7, 11) is 2.55. The minimum Gasteiger partial charge on any atom is -0.464 e. The zero-order chi connectivity index (χ0) is 36.3. The number of alkyl carbamates (subject to hydrolysis) is 1. The number of rotatable bonds is 21. The summed E-state index contributed by atoms with van der Waals surface area (Å²) in [4.78, 5) is 40.2. The van der Waals surface area contributed by atoms with E-state index in [2.05, 4.69) is 20.7 Å². The Morgan fingerprint density at radius 2 is 1.59 bits per heavy atom. The molecule has 2 aliphatic rings. The van der Waals surface area contributed by atoms with E-state index in [9.17, 15) is 39.9 Å². The average molecular weight is 710 g/mol. The number of nitrogens with zero attached hydrogens (tertiary/aromatic N) is 3. The second kappa shape index (κ2) is 22.8. The van der Waals surface area contributed by atoms with Crippen LogP contribution in [0.15, 0.2) is 5.11 Å². The number of carbonyl (C=O) groups excluding carboxylic acids is 3. The van der Waals surface area contributed by atoms with Crippen LogP contribution in [0.3, 0.4) is 0 Å². The molecule has 0 aromatic heterocycles. The van der Waals surface area contributed by atoms with Crippen LogP contribution in [0.25, 0.3) is 10.4 Å². The van der Waals surface area contributed by atoms with E-state index in [0.717, 1.165) is 6.42 Å². The number of hydrogen-bond donors (Lipinski definition) is 7. The molecule has 0 aromatic rings. The van der Waals surface area contributed by atoms with E-state index >= 15 is 0 Å². The number of methoxy groups -OCH3 is 2. The van der Waals surface area contributed by atoms with Gasteiger partial charge in [-0.2, -0.15) is 0 Å². The number of ether oxygens (including phenoxy) is 7. The molecule has 0 radical (unpaired) electrons. The van der Waals surface area contributed by atoms with Crippen LogP contribution in [0, 0.1) is 0 Å². The zero-order valence-corrected chi connectivity index (χ0v) is 28.0. The first kappa shape index (κ1) is 42.3. The third-order valence-electron chi connectivity index (χ3n) is 7.87. The predicted octanol–water partition coefficient (Wildman–Crippen LogP) is -1.27. The Morgan fingerprint density at radius 1 is 0.878 bits per heavy atom. The fraction of sp³-hybridized carbons (Fsp3) is 0.897. The Hall–Kier alpha value is -2.88. The van der Waals surface area contributed by atoms with Crippen LogP contribution in [0.2, 0.25) is 0 Å². The molecule has 4 unspecified atom stereocenters. The highest BCUT2D eigenvalue weighted by molar-refractivity contribution is 5.81. The summed E-state index contributed by atoms with van der Waals surface area (Å²) in [5.41, 5.74) is 8.27. The number of hydrogen-bond acceptors (Lipinski definition) is 16. The van der Waals surface area contributed by atoms with Crippen molar-refractivity contribution in [2.24, 2.45) is 5.11 Å². The normalized spacial score (nSPS) is 30.4. The highest BCUT2D eigenvalue weighted by Gasteiger charge is 2.49. The first-order valence-corrected chi connectivity index (χ1v) is 16.2. The maximum atomic E-state index is 12.9. The van der Waals surface area contributed by atoms with E-state index in [4.69, 9.17) is 38.7 Å². The van der Waals surface area contributed by atoms with Crippen molar-refractivity contribution in [3.63, 3.8) is 0 Å². The van der Waals surface area contributed by atoms with E-state index in [1.165, 1.54) is 14.2 Å². The average Bonchev–Trinajstić information content (AvgIpc) is 3.08. The van der Waals surface area contributed by atoms with Gasteiger partial charge in [0.15, 0.2) is 18.7 Å². The van der Waals surface area contributed by atoms with Gasteiger partial charge in [0.25, 0.3) is 0 Å². The van der Waals surface area contributed by atoms with Crippen molar-refractivity contribution >= 4 is 18.0 Å². The van der Waals surface area contributed by atoms with Gasteiger partial charge in [0, 0.05) is 38.6 Å². The highest BCUT2D eigenvalue weighted by Crippen LogP contribution is 2.27. The lowest BCUT2D eigenvalue weighted by atomic mass is 9.98. The van der Waals surface area contributed by atoms with E-state index < -0.39 is 86.1 Å². The summed E-state index contributed by atoms with van der Waals surface area (Å²) in [6.45, 7) is 1.75. The first-order chi connectivity index (χ1) is 23.5. The fourth-order valence-corrected chi connectivity index (χ4v) is 5.19. The molecule has 0 aliphatic carbocycles. The van der Waals surface area contributed by atoms with Crippen molar-refractivity contribution < 1.29 is 73.1 Å². The summed E-state index contributed by atoms with van der Waals surface area (Å²) in [5, 5.41) is 61.0. The summed E-state index contributed by atoms with van der Waals surface area (Å²) >= 11 is 0. The molecule has 2 rings (SSSR count). The molecular formula is C29H51N5O15. The van der Waals surface area contributed by atoms with Gasteiger partial charge in [-0.05, 0) is 44.6 Å². The van der Waals surface area contributed by atoms with Crippen LogP contribution in [0.4, 0.5) is 4.79 Å². The van der Waals surface area contributed by atoms with Crippen molar-refractivity contribution in [2.45, 2.75) is 119 Å². The molecule has 2 amide bonds. The first-order valence-electron chi connectivity index (χ1n) is 16.2. The van der Waals surface area contributed by atoms with Gasteiger partial charge < -0.3 is 69.3 Å². The van der Waals surface area contributed by atoms with Crippen molar-refractivity contribution in [2.75, 3.05) is 47.1 Å². The van der Waals surface area contributed by atoms with E-state index in [1.54, 1.807) is 6.92 Å². The van der Waals surface area contributed by atoms with Gasteiger partial charge in [-0.1, -0.05) is 11.5 Å². The number of aliphatic hydroxyl groups excluding tert-OH is 5. The van der Waals surface area contributed by atoms with Crippen molar-refractivity contribution in [3.05, 3.63) is 10.4 Å². The lowest BCUT2D eigenvalue weighted by molar-refractivity contribution is -0.328. The Kier molecular flexibility index (Phi) is 19.6. The van der Waals surface area contributed by atoms with Crippen LogP contribution in [-0.2, 0) is 42.7 Å². The molecule has 0 aromatic carbocycles. The number of azide groups is 1. The van der Waals surface area contributed by atoms with Crippen molar-refractivity contribution in [1.82, 2.24) is 10.6 Å². The SMILES string of the molecule is CCOC(=O)[C@H](CCCCNC(=O)CCCCCN=[N+]=[N-])NC(=O)O[C@@H]1C(O)[C@@H](OC)OC(CO[C@H]2OC(COC)[C@@H](O)[C@H](O)C2O)[C@H]1O. The standard InChI is InChI=1S/C29H51N5O15/c1-4-45-26(41)16(10-7-9-12-31-19(35)11-6-5-8-13-32-34-30)33-29(42)49-25-21(37)18(47-27(44-3)24(25)40)15-46-28-23(39)22(38)20(36)17(48-28)14-43-2/h16-18,20-25,27-28,36-40H,4-15H2,1-3H3,(H,31,35)(H,33,42)/t16-,17?,18?,20+,21+,22-,23?,24?,25-,27-,28-/m0/s1. The van der Waals surface area contributed by atoms with E-state index in [0.29, 0.717) is 45.2 Å². The molecule has 0 spiro atoms. The highest BCUT2D eigenvalue weighted by atomic mass is 16.7. The number of nitrogens with one attached hydrogen (secondary N) is 2. The van der Waals surface area contributed by atoms with Gasteiger partial charge in [0.1, 0.15) is 48.8 Å². The lowest BCUT2D eigenvalue weighted by Crippen LogP contribution is -2.62. The Labute approximate surface area is 283 Å². The molecular weight excluding hydrogens is 658 g/mol. The Morgan fingerprint density at radius 3 is 2.27 bits per heavy atom. The quantitative estimate of drug-likeness (QED) is 0.0240. The molecule has 20 nitrogen and oxygen atoms in total. The van der Waals surface area contributed by atoms with Gasteiger partial charge in [-0.3, -0.25) is 4.79 Å². The summed E-state index contributed by atoms with van der Waals surface area (Å²) in [6.07, 6.45) is -12.6. The summed E-state index contributed by atoms with van der Waals surface area (Å²) in [5.74, 6) is -0.864.